The molecule has 4 rings (SSSR count). The Labute approximate surface area is 194 Å². The molecule has 0 saturated carbocycles. The highest BCUT2D eigenvalue weighted by molar-refractivity contribution is 7.92. The van der Waals surface area contributed by atoms with Crippen molar-refractivity contribution >= 4 is 21.5 Å². The van der Waals surface area contributed by atoms with E-state index in [9.17, 15) is 22.0 Å². The van der Waals surface area contributed by atoms with Gasteiger partial charge in [-0.3, -0.25) is 14.5 Å². The maximum Gasteiger partial charge on any atom is 0.261 e. The molecule has 174 valence electrons. The van der Waals surface area contributed by atoms with Crippen LogP contribution in [0.1, 0.15) is 41.4 Å². The van der Waals surface area contributed by atoms with E-state index in [4.69, 9.17) is 4.42 Å². The highest BCUT2D eigenvalue weighted by Crippen LogP contribution is 2.31. The van der Waals surface area contributed by atoms with E-state index in [-0.39, 0.29) is 16.2 Å². The number of sulfonamides is 1. The van der Waals surface area contributed by atoms with Crippen molar-refractivity contribution in [2.45, 2.75) is 24.2 Å². The van der Waals surface area contributed by atoms with E-state index >= 15 is 0 Å². The summed E-state index contributed by atoms with van der Waals surface area (Å²) in [4.78, 5) is 20.7. The van der Waals surface area contributed by atoms with Crippen LogP contribution in [0.3, 0.4) is 0 Å². The number of nitrogens with one attached hydrogen (secondary N) is 1. The van der Waals surface area contributed by atoms with Gasteiger partial charge >= 0.3 is 0 Å². The molecule has 0 unspecified atom stereocenters. The van der Waals surface area contributed by atoms with Gasteiger partial charge in [-0.25, -0.2) is 22.2 Å². The Bertz CT molecular complexity index is 1440. The number of ketones is 1. The second-order valence-electron chi connectivity index (χ2n) is 7.95. The van der Waals surface area contributed by atoms with Crippen LogP contribution in [0.15, 0.2) is 82.6 Å². The summed E-state index contributed by atoms with van der Waals surface area (Å²) in [5.74, 6) is -2.90. The van der Waals surface area contributed by atoms with Crippen LogP contribution >= 0.6 is 0 Å². The summed E-state index contributed by atoms with van der Waals surface area (Å²) in [6.45, 7) is 3.74. The number of carbonyl (C=O) groups excluding carboxylic acids is 1. The molecule has 2 aromatic heterocycles. The van der Waals surface area contributed by atoms with Gasteiger partial charge < -0.3 is 4.42 Å². The quantitative estimate of drug-likeness (QED) is 0.382. The van der Waals surface area contributed by atoms with E-state index in [0.29, 0.717) is 18.0 Å². The Morgan fingerprint density at radius 2 is 1.68 bits per heavy atom. The van der Waals surface area contributed by atoms with Gasteiger partial charge in [-0.2, -0.15) is 0 Å². The van der Waals surface area contributed by atoms with E-state index < -0.39 is 38.5 Å². The van der Waals surface area contributed by atoms with Crippen LogP contribution in [0.25, 0.3) is 0 Å². The van der Waals surface area contributed by atoms with E-state index in [1.165, 1.54) is 36.9 Å². The van der Waals surface area contributed by atoms with Gasteiger partial charge in [0.25, 0.3) is 10.0 Å². The van der Waals surface area contributed by atoms with Crippen molar-refractivity contribution in [3.63, 3.8) is 0 Å². The molecule has 0 aliphatic rings. The summed E-state index contributed by atoms with van der Waals surface area (Å²) in [5.41, 5.74) is -0.705. The molecule has 10 heteroatoms. The van der Waals surface area contributed by atoms with Crippen LogP contribution < -0.4 is 4.72 Å². The number of anilines is 1. The van der Waals surface area contributed by atoms with E-state index in [1.807, 2.05) is 13.8 Å². The smallest absolute Gasteiger partial charge is 0.261 e. The lowest BCUT2D eigenvalue weighted by molar-refractivity contribution is 0.103. The molecule has 1 N–H and O–H groups in total. The van der Waals surface area contributed by atoms with Crippen LogP contribution in [-0.2, 0) is 15.4 Å². The number of pyridine rings is 1. The van der Waals surface area contributed by atoms with Gasteiger partial charge in [-0.15, -0.1) is 0 Å². The molecule has 0 atom stereocenters. The van der Waals surface area contributed by atoms with Gasteiger partial charge in [0.1, 0.15) is 12.0 Å². The minimum absolute atomic E-state index is 0.0490. The summed E-state index contributed by atoms with van der Waals surface area (Å²) >= 11 is 0. The molecule has 2 aromatic carbocycles. The van der Waals surface area contributed by atoms with Crippen molar-refractivity contribution in [1.29, 1.82) is 0 Å². The van der Waals surface area contributed by atoms with Crippen molar-refractivity contribution < 1.29 is 26.4 Å². The molecule has 0 amide bonds. The number of rotatable bonds is 7. The maximum absolute atomic E-state index is 14.0. The van der Waals surface area contributed by atoms with Gasteiger partial charge in [-0.05, 0) is 49.7 Å². The third kappa shape index (κ3) is 4.44. The fourth-order valence-corrected chi connectivity index (χ4v) is 4.43. The minimum Gasteiger partial charge on any atom is -0.448 e. The highest BCUT2D eigenvalue weighted by atomic mass is 32.2. The lowest BCUT2D eigenvalue weighted by Crippen LogP contribution is -2.20. The molecule has 0 bridgehead atoms. The molecule has 0 radical (unpaired) electrons. The van der Waals surface area contributed by atoms with Crippen LogP contribution in [0.4, 0.5) is 14.5 Å². The monoisotopic (exact) mass is 483 g/mol. The first-order chi connectivity index (χ1) is 16.1. The molecule has 7 nitrogen and oxygen atoms in total. The summed E-state index contributed by atoms with van der Waals surface area (Å²) in [5, 5.41) is 0. The van der Waals surface area contributed by atoms with Gasteiger partial charge in [0, 0.05) is 12.3 Å². The van der Waals surface area contributed by atoms with Crippen LogP contribution in [-0.4, -0.2) is 24.2 Å². The van der Waals surface area contributed by atoms with Crippen LogP contribution in [0.5, 0.6) is 0 Å². The lowest BCUT2D eigenvalue weighted by Gasteiger charge is -2.21. The zero-order chi connectivity index (χ0) is 24.5. The Morgan fingerprint density at radius 1 is 0.971 bits per heavy atom. The zero-order valence-corrected chi connectivity index (χ0v) is 18.9. The van der Waals surface area contributed by atoms with E-state index in [1.54, 1.807) is 24.3 Å². The Morgan fingerprint density at radius 3 is 2.29 bits per heavy atom. The van der Waals surface area contributed by atoms with Crippen molar-refractivity contribution in [1.82, 2.24) is 9.97 Å². The third-order valence-electron chi connectivity index (χ3n) is 5.30. The Balaban J connectivity index is 1.67. The Kier molecular flexibility index (Phi) is 6.01. The number of halogens is 2. The summed E-state index contributed by atoms with van der Waals surface area (Å²) < 4.78 is 61.5. The molecule has 4 aromatic rings. The molecule has 0 aliphatic heterocycles. The van der Waals surface area contributed by atoms with Gasteiger partial charge in [0.15, 0.2) is 11.6 Å². The molecule has 0 spiro atoms. The van der Waals surface area contributed by atoms with Crippen LogP contribution in [0, 0.1) is 11.6 Å². The maximum atomic E-state index is 14.0. The number of hydrogen-bond acceptors (Lipinski definition) is 6. The van der Waals surface area contributed by atoms with Crippen molar-refractivity contribution in [2.75, 3.05) is 4.72 Å². The van der Waals surface area contributed by atoms with Crippen molar-refractivity contribution in [3.8, 4) is 0 Å². The molecule has 34 heavy (non-hydrogen) atoms. The molecule has 0 saturated heterocycles. The average Bonchev–Trinajstić information content (AvgIpc) is 3.37. The number of oxazole rings is 1. The number of aromatic nitrogens is 2. The SMILES string of the molecule is CC(C)(c1ccc(S(=O)(=O)Nc2cc(F)c(F)cc2C(=O)c2ccccn2)cc1)c1ncco1. The predicted molar refractivity (Wildman–Crippen MR) is 120 cm³/mol. The van der Waals surface area contributed by atoms with Gasteiger partial charge in [-0.1, -0.05) is 18.2 Å². The van der Waals surface area contributed by atoms with Crippen molar-refractivity contribution in [3.05, 3.63) is 108 Å². The minimum atomic E-state index is -4.25. The fourth-order valence-electron chi connectivity index (χ4n) is 3.36. The molecule has 2 heterocycles. The Hall–Kier alpha value is -3.92. The van der Waals surface area contributed by atoms with Crippen LogP contribution in [0.2, 0.25) is 0 Å². The summed E-state index contributed by atoms with van der Waals surface area (Å²) in [6, 6.07) is 11.7. The number of nitrogens with zero attached hydrogens (tertiary/aromatic N) is 2. The topological polar surface area (TPSA) is 102 Å². The fraction of sp³-hybridized carbons (Fsp3) is 0.125. The van der Waals surface area contributed by atoms with Gasteiger partial charge in [0.2, 0.25) is 11.7 Å². The summed E-state index contributed by atoms with van der Waals surface area (Å²) in [7, 11) is -4.25. The zero-order valence-electron chi connectivity index (χ0n) is 18.1. The number of carbonyl (C=O) groups is 1. The van der Waals surface area contributed by atoms with E-state index in [0.717, 1.165) is 5.56 Å². The molecule has 0 fully saturated rings. The molecule has 0 aliphatic carbocycles. The molecular weight excluding hydrogens is 464 g/mol. The number of hydrogen-bond donors (Lipinski definition) is 1. The second kappa shape index (κ2) is 8.79. The third-order valence-corrected chi connectivity index (χ3v) is 6.68. The average molecular weight is 483 g/mol. The first-order valence-corrected chi connectivity index (χ1v) is 11.6. The number of benzene rings is 2. The standard InChI is InChI=1S/C24H19F2N3O4S/c1-24(2,23-28-11-12-33-23)15-6-8-16(9-7-15)34(31,32)29-21-14-19(26)18(25)13-17(21)22(30)20-5-3-4-10-27-20/h3-14,29H,1-2H3. The largest absolute Gasteiger partial charge is 0.448 e. The highest BCUT2D eigenvalue weighted by Gasteiger charge is 2.29. The second-order valence-corrected chi connectivity index (χ2v) is 9.63. The van der Waals surface area contributed by atoms with Gasteiger partial charge in [0.05, 0.1) is 27.8 Å². The summed E-state index contributed by atoms with van der Waals surface area (Å²) in [6.07, 6.45) is 4.33. The first kappa shape index (κ1) is 23.2. The predicted octanol–water partition coefficient (Wildman–Crippen LogP) is 4.71. The lowest BCUT2D eigenvalue weighted by atomic mass is 9.84. The molecular formula is C24H19F2N3O4S. The van der Waals surface area contributed by atoms with E-state index in [2.05, 4.69) is 14.7 Å². The normalized spacial score (nSPS) is 11.9. The first-order valence-electron chi connectivity index (χ1n) is 10.1. The van der Waals surface area contributed by atoms with Crippen molar-refractivity contribution in [2.24, 2.45) is 0 Å².